The summed E-state index contributed by atoms with van der Waals surface area (Å²) < 4.78 is 10.9. The van der Waals surface area contributed by atoms with Gasteiger partial charge in [-0.25, -0.2) is 0 Å². The highest BCUT2D eigenvalue weighted by molar-refractivity contribution is 8.78. The van der Waals surface area contributed by atoms with Crippen LogP contribution in [0.1, 0.15) is 19.8 Å². The lowest BCUT2D eigenvalue weighted by molar-refractivity contribution is -0.170. The normalized spacial score (nSPS) is 42.6. The zero-order valence-electron chi connectivity index (χ0n) is 15.9. The van der Waals surface area contributed by atoms with Crippen LogP contribution >= 0.6 is 21.6 Å². The van der Waals surface area contributed by atoms with Crippen LogP contribution in [0.2, 0.25) is 0 Å². The number of amides is 2. The Kier molecular flexibility index (Phi) is 3.69. The summed E-state index contributed by atoms with van der Waals surface area (Å²) >= 11 is 0. The third-order valence-electron chi connectivity index (χ3n) is 6.53. The maximum absolute atomic E-state index is 14.0. The van der Waals surface area contributed by atoms with Gasteiger partial charge in [-0.3, -0.25) is 14.4 Å². The number of piperazine rings is 1. The first kappa shape index (κ1) is 18.6. The van der Waals surface area contributed by atoms with Gasteiger partial charge < -0.3 is 24.4 Å². The lowest BCUT2D eigenvalue weighted by atomic mass is 9.96. The topological polar surface area (TPSA) is 96.4 Å². The molecule has 2 amide bonds. The van der Waals surface area contributed by atoms with E-state index in [1.165, 1.54) is 34.8 Å². The first-order chi connectivity index (χ1) is 14.4. The predicted octanol–water partition coefficient (Wildman–Crippen LogP) is 1.21. The fourth-order valence-electron chi connectivity index (χ4n) is 5.42. The van der Waals surface area contributed by atoms with E-state index in [9.17, 15) is 19.5 Å². The summed E-state index contributed by atoms with van der Waals surface area (Å²) in [7, 11) is 2.79. The molecule has 7 rings (SSSR count). The lowest BCUT2D eigenvalue weighted by Crippen LogP contribution is -2.77. The van der Waals surface area contributed by atoms with Crippen LogP contribution in [0.3, 0.4) is 0 Å². The second kappa shape index (κ2) is 5.95. The van der Waals surface area contributed by atoms with Crippen LogP contribution in [-0.2, 0) is 23.9 Å². The fraction of sp³-hybridized carbons (Fsp3) is 0.450. The summed E-state index contributed by atoms with van der Waals surface area (Å²) in [6.07, 6.45) is 8.96. The van der Waals surface area contributed by atoms with E-state index in [2.05, 4.69) is 0 Å². The van der Waals surface area contributed by atoms with Crippen LogP contribution in [-0.4, -0.2) is 66.7 Å². The Morgan fingerprint density at radius 2 is 1.80 bits per heavy atom. The number of allylic oxidation sites excluding steroid dienone is 2. The molecule has 1 N–H and O–H groups in total. The molecule has 7 aliphatic rings. The second-order valence-corrected chi connectivity index (χ2v) is 10.9. The van der Waals surface area contributed by atoms with Gasteiger partial charge in [0.1, 0.15) is 6.10 Å². The van der Waals surface area contributed by atoms with Gasteiger partial charge >= 0.3 is 5.97 Å². The third kappa shape index (κ3) is 2.06. The molecule has 0 aromatic heterocycles. The molecule has 6 aliphatic heterocycles. The number of fused-ring (bicyclic) bond motifs is 3. The molecule has 6 heterocycles. The number of aliphatic hydroxyl groups excluding tert-OH is 1. The largest absolute Gasteiger partial charge is 0.473 e. The van der Waals surface area contributed by atoms with E-state index in [4.69, 9.17) is 9.47 Å². The summed E-state index contributed by atoms with van der Waals surface area (Å²) in [6, 6.07) is -1.13. The molecule has 0 saturated carbocycles. The smallest absolute Gasteiger partial charge is 0.303 e. The molecule has 10 heteroatoms. The Balaban J connectivity index is 1.49. The molecule has 0 unspecified atom stereocenters. The van der Waals surface area contributed by atoms with E-state index < -0.39 is 40.0 Å². The summed E-state index contributed by atoms with van der Waals surface area (Å²) in [5, 5.41) is 10.6. The Morgan fingerprint density at radius 3 is 2.50 bits per heavy atom. The Hall–Kier alpha value is -2.17. The fourth-order valence-corrected chi connectivity index (χ4v) is 9.13. The molecule has 1 aliphatic carbocycles. The molecule has 30 heavy (non-hydrogen) atoms. The van der Waals surface area contributed by atoms with Gasteiger partial charge in [-0.15, -0.1) is 0 Å². The van der Waals surface area contributed by atoms with Gasteiger partial charge in [0.15, 0.2) is 9.74 Å². The summed E-state index contributed by atoms with van der Waals surface area (Å²) in [5.74, 6) is -0.844. The minimum Gasteiger partial charge on any atom is -0.473 e. The number of carbonyl (C=O) groups excluding carboxylic acids is 3. The van der Waals surface area contributed by atoms with E-state index in [1.807, 2.05) is 6.08 Å². The van der Waals surface area contributed by atoms with E-state index in [1.54, 1.807) is 34.3 Å². The predicted molar refractivity (Wildman–Crippen MR) is 108 cm³/mol. The number of ether oxygens (including phenoxy) is 2. The van der Waals surface area contributed by atoms with Gasteiger partial charge in [0, 0.05) is 19.8 Å². The number of hydrogen-bond donors (Lipinski definition) is 1. The van der Waals surface area contributed by atoms with E-state index in [0.717, 1.165) is 11.1 Å². The van der Waals surface area contributed by atoms with E-state index in [0.29, 0.717) is 6.42 Å². The molecule has 8 nitrogen and oxygen atoms in total. The number of hydrogen-bond acceptors (Lipinski definition) is 8. The molecule has 0 radical (unpaired) electrons. The molecule has 5 fully saturated rings. The van der Waals surface area contributed by atoms with Gasteiger partial charge in [-0.1, -0.05) is 39.8 Å². The van der Waals surface area contributed by atoms with Gasteiger partial charge in [-0.05, 0) is 17.2 Å². The Morgan fingerprint density at radius 1 is 1.13 bits per heavy atom. The van der Waals surface area contributed by atoms with Crippen molar-refractivity contribution in [1.29, 1.82) is 0 Å². The molecule has 2 spiro atoms. The summed E-state index contributed by atoms with van der Waals surface area (Å²) in [5.41, 5.74) is 1.62. The monoisotopic (exact) mass is 446 g/mol. The number of rotatable bonds is 1. The van der Waals surface area contributed by atoms with Crippen LogP contribution in [0.15, 0.2) is 48.0 Å². The maximum Gasteiger partial charge on any atom is 0.303 e. The van der Waals surface area contributed by atoms with Crippen LogP contribution < -0.4 is 0 Å². The number of carbonyl (C=O) groups is 3. The SMILES string of the molecule is CC(=O)O[C@H]1C=COC=C2C[C@]34SS[C@]5(CC6=CC=C[C@H](O)[C@H]6N5C3=O)C(=O)N4[C@@H]21. The molecule has 5 saturated heterocycles. The quantitative estimate of drug-likeness (QED) is 0.474. The number of esters is 1. The van der Waals surface area contributed by atoms with Crippen LogP contribution in [0.25, 0.3) is 0 Å². The van der Waals surface area contributed by atoms with Crippen LogP contribution in [0.4, 0.5) is 0 Å². The van der Waals surface area contributed by atoms with Crippen molar-refractivity contribution in [3.8, 4) is 0 Å². The third-order valence-corrected chi connectivity index (χ3v) is 10.1. The van der Waals surface area contributed by atoms with Crippen molar-refractivity contribution >= 4 is 39.4 Å². The lowest BCUT2D eigenvalue weighted by Gasteiger charge is -2.58. The summed E-state index contributed by atoms with van der Waals surface area (Å²) in [6.45, 7) is 1.32. The highest BCUT2D eigenvalue weighted by atomic mass is 33.1. The zero-order valence-corrected chi connectivity index (χ0v) is 17.5. The highest BCUT2D eigenvalue weighted by Crippen LogP contribution is 2.69. The van der Waals surface area contributed by atoms with Crippen molar-refractivity contribution in [2.24, 2.45) is 0 Å². The minimum atomic E-state index is -1.15. The first-order valence-corrected chi connectivity index (χ1v) is 11.8. The molecule has 0 aromatic carbocycles. The molecular formula is C20H18N2O6S2. The first-order valence-electron chi connectivity index (χ1n) is 9.67. The average Bonchev–Trinajstić information content (AvgIpc) is 3.16. The van der Waals surface area contributed by atoms with Gasteiger partial charge in [0.25, 0.3) is 11.8 Å². The van der Waals surface area contributed by atoms with Gasteiger partial charge in [-0.2, -0.15) is 0 Å². The molecule has 2 bridgehead atoms. The molecular weight excluding hydrogens is 428 g/mol. The Bertz CT molecular complexity index is 1020. The van der Waals surface area contributed by atoms with Crippen molar-refractivity contribution in [2.75, 3.05) is 0 Å². The van der Waals surface area contributed by atoms with Crippen molar-refractivity contribution in [2.45, 2.75) is 53.8 Å². The standard InChI is InChI=1S/C20H18N2O6S2/c1-10(23)28-14-5-6-27-9-12-8-20-17(25)21-15-11(3-2-4-13(15)24)7-19(21,29-30-20)18(26)22(20)16(12)14/h2-6,9,13-16,24H,7-8H2,1H3/t13-,14-,15-,16-,19+,20-/m0/s1. The van der Waals surface area contributed by atoms with Crippen LogP contribution in [0.5, 0.6) is 0 Å². The highest BCUT2D eigenvalue weighted by Gasteiger charge is 2.77. The number of aliphatic hydroxyl groups is 1. The van der Waals surface area contributed by atoms with Crippen molar-refractivity contribution in [1.82, 2.24) is 9.80 Å². The van der Waals surface area contributed by atoms with Crippen molar-refractivity contribution < 1.29 is 29.0 Å². The van der Waals surface area contributed by atoms with E-state index >= 15 is 0 Å². The zero-order chi connectivity index (χ0) is 20.8. The van der Waals surface area contributed by atoms with Gasteiger partial charge in [0.05, 0.1) is 30.7 Å². The minimum absolute atomic E-state index is 0.186. The Labute approximate surface area is 180 Å². The molecule has 156 valence electrons. The second-order valence-electron chi connectivity index (χ2n) is 8.18. The van der Waals surface area contributed by atoms with Gasteiger partial charge in [0.2, 0.25) is 0 Å². The summed E-state index contributed by atoms with van der Waals surface area (Å²) in [4.78, 5) is 40.6. The van der Waals surface area contributed by atoms with Crippen LogP contribution in [0, 0.1) is 0 Å². The van der Waals surface area contributed by atoms with Crippen molar-refractivity contribution in [3.63, 3.8) is 0 Å². The van der Waals surface area contributed by atoms with Crippen molar-refractivity contribution in [3.05, 3.63) is 48.0 Å². The molecule has 6 atom stereocenters. The number of nitrogens with zero attached hydrogens (tertiary/aromatic N) is 2. The van der Waals surface area contributed by atoms with E-state index in [-0.39, 0.29) is 18.2 Å². The average molecular weight is 447 g/mol. The molecule has 0 aromatic rings. The maximum atomic E-state index is 14.0.